The van der Waals surface area contributed by atoms with Crippen molar-refractivity contribution in [3.8, 4) is 0 Å². The summed E-state index contributed by atoms with van der Waals surface area (Å²) in [4.78, 5) is 0. The number of allylic oxidation sites excluding steroid dienone is 6. The van der Waals surface area contributed by atoms with Crippen LogP contribution in [0.4, 0.5) is 0 Å². The predicted molar refractivity (Wildman–Crippen MR) is 237 cm³/mol. The zero-order chi connectivity index (χ0) is 39.5. The van der Waals surface area contributed by atoms with E-state index in [1.54, 1.807) is 28.2 Å². The molecule has 6 aromatic rings. The third-order valence-electron chi connectivity index (χ3n) is 15.4. The summed E-state index contributed by atoms with van der Waals surface area (Å²) >= 11 is 1.44. The summed E-state index contributed by atoms with van der Waals surface area (Å²) in [6, 6.07) is 49.8. The first-order valence-corrected chi connectivity index (χ1v) is 21.8. The molecular weight excluding hydrogens is 823 g/mol. The molecule has 0 saturated heterocycles. The molecule has 10 rings (SSSR count). The van der Waals surface area contributed by atoms with Gasteiger partial charge in [-0.05, 0) is 40.6 Å². The fraction of sp³-hybridized carbons (Fsp3) is 0.291. The van der Waals surface area contributed by atoms with E-state index < -0.39 is 0 Å². The fourth-order valence-electron chi connectivity index (χ4n) is 10.7. The van der Waals surface area contributed by atoms with E-state index in [9.17, 15) is 0 Å². The molecule has 2 unspecified atom stereocenters. The van der Waals surface area contributed by atoms with Crippen LogP contribution in [0.5, 0.6) is 0 Å². The van der Waals surface area contributed by atoms with Crippen LogP contribution >= 0.6 is 0 Å². The van der Waals surface area contributed by atoms with Gasteiger partial charge in [0.15, 0.2) is 0 Å². The van der Waals surface area contributed by atoms with E-state index in [0.717, 1.165) is 6.42 Å². The Labute approximate surface area is 375 Å². The van der Waals surface area contributed by atoms with Crippen molar-refractivity contribution >= 4 is 30.3 Å². The Morgan fingerprint density at radius 2 is 1.19 bits per heavy atom. The van der Waals surface area contributed by atoms with Crippen molar-refractivity contribution < 1.29 is 49.0 Å². The smallest absolute Gasteiger partial charge is 0.172 e. The van der Waals surface area contributed by atoms with E-state index in [1.807, 2.05) is 30.3 Å². The van der Waals surface area contributed by atoms with Crippen molar-refractivity contribution in [2.75, 3.05) is 0 Å². The van der Waals surface area contributed by atoms with Crippen LogP contribution < -0.4 is 24.8 Å². The number of halogens is 2. The van der Waals surface area contributed by atoms with Gasteiger partial charge in [0.1, 0.15) is 0 Å². The second-order valence-electron chi connectivity index (χ2n) is 18.2. The largest absolute Gasteiger partial charge is 0.214 e. The van der Waals surface area contributed by atoms with Crippen LogP contribution in [0.25, 0.3) is 27.1 Å². The number of hydrogen-bond acceptors (Lipinski definition) is 0. The van der Waals surface area contributed by atoms with Crippen molar-refractivity contribution in [1.29, 1.82) is 0 Å². The average molecular weight is 879 g/mol. The van der Waals surface area contributed by atoms with E-state index in [-0.39, 0.29) is 46.5 Å². The molecule has 2 atom stereocenters. The van der Waals surface area contributed by atoms with Crippen LogP contribution in [0.1, 0.15) is 90.5 Å². The van der Waals surface area contributed by atoms with Crippen LogP contribution in [0.3, 0.4) is 0 Å². The molecule has 296 valence electrons. The predicted octanol–water partition coefficient (Wildman–Crippen LogP) is 8.49. The van der Waals surface area contributed by atoms with Crippen molar-refractivity contribution in [3.05, 3.63) is 197 Å². The van der Waals surface area contributed by atoms with Gasteiger partial charge in [0, 0.05) is 0 Å². The minimum Gasteiger partial charge on any atom is -0.214 e. The quantitative estimate of drug-likeness (QED) is 0.153. The number of hydrogen-bond donors (Lipinski definition) is 0. The summed E-state index contributed by atoms with van der Waals surface area (Å²) in [5.74, 6) is 2.24. The Bertz CT molecular complexity index is 2440. The molecule has 0 bridgehead atoms. The molecule has 0 radical (unpaired) electrons. The minimum absolute atomic E-state index is 0. The van der Waals surface area contributed by atoms with Crippen LogP contribution in [0.15, 0.2) is 168 Å². The standard InChI is InChI=1S/C29H37.C21H14.C5H5.2ClH.Zr/c1-18-25-22-17-19-13-9-10-14-20(19)24(22)21-15-11-12-16-23(21)29(25,8)28(6,7)27(4,5)26(18,2)3;1-3-7-20-14-16(9-11-18(20)5-1)13-17-10-12-19-6-2-4-8-21(19)15-17;1-2-4-5-3-1;;;/h9-11,13-15,23H,12,16-17H2,1-8H3;1-12,14-15H;1-5H;2*1H;/q-1;;-1;;;+2/p-2. The number of benzene rings is 5. The van der Waals surface area contributed by atoms with Crippen molar-refractivity contribution in [2.45, 2.75) is 74.7 Å². The summed E-state index contributed by atoms with van der Waals surface area (Å²) in [5.41, 5.74) is 13.0. The van der Waals surface area contributed by atoms with Gasteiger partial charge in [-0.2, -0.15) is 29.3 Å². The van der Waals surface area contributed by atoms with Gasteiger partial charge in [0.25, 0.3) is 0 Å². The molecule has 6 aromatic carbocycles. The molecule has 4 aliphatic carbocycles. The van der Waals surface area contributed by atoms with Gasteiger partial charge in [0.2, 0.25) is 0 Å². The second-order valence-corrected chi connectivity index (χ2v) is 19.4. The molecule has 58 heavy (non-hydrogen) atoms. The normalized spacial score (nSPS) is 21.5. The molecule has 0 aliphatic heterocycles. The summed E-state index contributed by atoms with van der Waals surface area (Å²) < 4.78 is 1.41. The zero-order valence-electron chi connectivity index (χ0n) is 35.4. The van der Waals surface area contributed by atoms with Crippen LogP contribution in [-0.4, -0.2) is 3.21 Å². The zero-order valence-corrected chi connectivity index (χ0v) is 39.4. The van der Waals surface area contributed by atoms with E-state index in [2.05, 4.69) is 177 Å². The average Bonchev–Trinajstić information content (AvgIpc) is 3.93. The number of fused-ring (bicyclic) bond motifs is 8. The Morgan fingerprint density at radius 3 is 1.74 bits per heavy atom. The Morgan fingerprint density at radius 1 is 0.655 bits per heavy atom. The summed E-state index contributed by atoms with van der Waals surface area (Å²) in [5, 5.41) is 5.21. The van der Waals surface area contributed by atoms with Gasteiger partial charge in [-0.15, -0.1) is 6.92 Å². The van der Waals surface area contributed by atoms with E-state index in [1.165, 1.54) is 84.1 Å². The minimum atomic E-state index is 0. The van der Waals surface area contributed by atoms with E-state index in [4.69, 9.17) is 0 Å². The summed E-state index contributed by atoms with van der Waals surface area (Å²) in [6.07, 6.45) is 8.50. The first-order chi connectivity index (χ1) is 26.8. The van der Waals surface area contributed by atoms with E-state index >= 15 is 0 Å². The monoisotopic (exact) mass is 876 g/mol. The number of rotatable bonds is 2. The molecule has 0 aromatic heterocycles. The third-order valence-corrected chi connectivity index (χ3v) is 16.8. The SMILES string of the molecule is C[C-]1C2=C3Cc4ccccc4C3=C3C=CCCC3C2(C)C(C)(C)C(C)(C)C1(C)C.[Cl-].[Cl-].[Zr+2]=[C](c1ccc2ccccc2c1)c1ccc2ccccc2c1.c1cc[cH-]c1. The van der Waals surface area contributed by atoms with Crippen LogP contribution in [0.2, 0.25) is 0 Å². The molecular formula is C55H56Cl2Zr-2. The van der Waals surface area contributed by atoms with Gasteiger partial charge in [0.05, 0.1) is 0 Å². The van der Waals surface area contributed by atoms with Crippen molar-refractivity contribution in [2.24, 2.45) is 27.6 Å². The summed E-state index contributed by atoms with van der Waals surface area (Å²) in [7, 11) is 0. The van der Waals surface area contributed by atoms with Gasteiger partial charge in [-0.25, -0.2) is 18.1 Å². The van der Waals surface area contributed by atoms with Gasteiger partial charge in [-0.1, -0.05) is 113 Å². The molecule has 1 saturated carbocycles. The topological polar surface area (TPSA) is 0 Å². The first-order valence-electron chi connectivity index (χ1n) is 20.6. The Hall–Kier alpha value is -3.61. The van der Waals surface area contributed by atoms with E-state index in [0.29, 0.717) is 5.92 Å². The molecule has 4 aliphatic rings. The second kappa shape index (κ2) is 16.8. The molecule has 0 amide bonds. The first kappa shape index (κ1) is 44.0. The Balaban J connectivity index is 0.000000173. The van der Waals surface area contributed by atoms with Crippen LogP contribution in [0, 0.1) is 33.5 Å². The summed E-state index contributed by atoms with van der Waals surface area (Å²) in [6.45, 7) is 20.3. The molecule has 0 N–H and O–H groups in total. The van der Waals surface area contributed by atoms with Crippen LogP contribution in [-0.2, 0) is 30.7 Å². The van der Waals surface area contributed by atoms with Gasteiger partial charge < -0.3 is 24.8 Å². The van der Waals surface area contributed by atoms with Gasteiger partial charge in [-0.3, -0.25) is 0 Å². The van der Waals surface area contributed by atoms with Crippen molar-refractivity contribution in [1.82, 2.24) is 0 Å². The maximum atomic E-state index is 2.62. The van der Waals surface area contributed by atoms with Gasteiger partial charge >= 0.3 is 145 Å². The molecule has 0 nitrogen and oxygen atoms in total. The fourth-order valence-corrected chi connectivity index (χ4v) is 11.5. The van der Waals surface area contributed by atoms with Crippen molar-refractivity contribution in [3.63, 3.8) is 0 Å². The molecule has 0 spiro atoms. The molecule has 1 fully saturated rings. The molecule has 3 heteroatoms. The molecule has 0 heterocycles. The maximum Gasteiger partial charge on any atom is -0.172 e. The third kappa shape index (κ3) is 7.02. The Kier molecular flexibility index (Phi) is 12.7. The maximum absolute atomic E-state index is 2.62.